The first kappa shape index (κ1) is 12.3. The van der Waals surface area contributed by atoms with Crippen molar-refractivity contribution in [2.75, 3.05) is 0 Å². The fourth-order valence-electron chi connectivity index (χ4n) is 1.14. The molecule has 1 atom stereocenters. The molecular weight excluding hydrogens is 166 g/mol. The quantitative estimate of drug-likeness (QED) is 0.718. The van der Waals surface area contributed by atoms with E-state index in [2.05, 4.69) is 19.2 Å². The minimum Gasteiger partial charge on any atom is -0.447 e. The van der Waals surface area contributed by atoms with Crippen molar-refractivity contribution in [3.8, 4) is 0 Å². The molecular formula is C10H21NO2. The molecule has 0 aliphatic rings. The molecule has 0 bridgehead atoms. The van der Waals surface area contributed by atoms with E-state index in [0.29, 0.717) is 0 Å². The Morgan fingerprint density at radius 2 is 2.00 bits per heavy atom. The largest absolute Gasteiger partial charge is 0.447 e. The van der Waals surface area contributed by atoms with Crippen molar-refractivity contribution in [1.29, 1.82) is 0 Å². The molecule has 0 aromatic rings. The van der Waals surface area contributed by atoms with Crippen LogP contribution in [-0.4, -0.2) is 18.2 Å². The molecule has 0 saturated heterocycles. The summed E-state index contributed by atoms with van der Waals surface area (Å²) in [5, 5.41) is 2.84. The molecule has 0 aliphatic heterocycles. The Balaban J connectivity index is 3.73. The minimum absolute atomic E-state index is 0.0425. The predicted molar refractivity (Wildman–Crippen MR) is 53.7 cm³/mol. The topological polar surface area (TPSA) is 38.3 Å². The summed E-state index contributed by atoms with van der Waals surface area (Å²) >= 11 is 0. The number of hydrogen-bond acceptors (Lipinski definition) is 2. The second kappa shape index (κ2) is 6.75. The van der Waals surface area contributed by atoms with Crippen molar-refractivity contribution in [3.63, 3.8) is 0 Å². The molecule has 0 spiro atoms. The van der Waals surface area contributed by atoms with Crippen LogP contribution in [0.1, 0.15) is 47.0 Å². The van der Waals surface area contributed by atoms with Gasteiger partial charge in [0.15, 0.2) is 0 Å². The lowest BCUT2D eigenvalue weighted by Gasteiger charge is -2.16. The molecule has 78 valence electrons. The van der Waals surface area contributed by atoms with E-state index in [1.165, 1.54) is 0 Å². The van der Waals surface area contributed by atoms with Crippen molar-refractivity contribution in [2.45, 2.75) is 59.1 Å². The van der Waals surface area contributed by atoms with Gasteiger partial charge in [-0.05, 0) is 26.7 Å². The first-order valence-corrected chi connectivity index (χ1v) is 5.07. The SMILES string of the molecule is CCCC(CC)NC(=O)OC(C)C. The normalized spacial score (nSPS) is 12.7. The third-order valence-corrected chi connectivity index (χ3v) is 1.79. The minimum atomic E-state index is -0.296. The van der Waals surface area contributed by atoms with Crippen LogP contribution in [0.5, 0.6) is 0 Å². The first-order valence-electron chi connectivity index (χ1n) is 5.07. The van der Waals surface area contributed by atoms with Gasteiger partial charge in [0.05, 0.1) is 6.10 Å². The molecule has 0 radical (unpaired) electrons. The third-order valence-electron chi connectivity index (χ3n) is 1.79. The van der Waals surface area contributed by atoms with Gasteiger partial charge in [-0.25, -0.2) is 4.79 Å². The van der Waals surface area contributed by atoms with Crippen LogP contribution in [-0.2, 0) is 4.74 Å². The van der Waals surface area contributed by atoms with Gasteiger partial charge < -0.3 is 10.1 Å². The first-order chi connectivity index (χ1) is 6.10. The van der Waals surface area contributed by atoms with Crippen LogP contribution < -0.4 is 5.32 Å². The van der Waals surface area contributed by atoms with E-state index in [-0.39, 0.29) is 18.2 Å². The van der Waals surface area contributed by atoms with Gasteiger partial charge in [-0.15, -0.1) is 0 Å². The summed E-state index contributed by atoms with van der Waals surface area (Å²) in [4.78, 5) is 11.2. The van der Waals surface area contributed by atoms with E-state index in [1.807, 2.05) is 13.8 Å². The number of rotatable bonds is 5. The van der Waals surface area contributed by atoms with Crippen LogP contribution in [0.25, 0.3) is 0 Å². The molecule has 3 nitrogen and oxygen atoms in total. The van der Waals surface area contributed by atoms with Gasteiger partial charge in [-0.1, -0.05) is 20.3 Å². The van der Waals surface area contributed by atoms with Crippen molar-refractivity contribution >= 4 is 6.09 Å². The molecule has 0 saturated carbocycles. The lowest BCUT2D eigenvalue weighted by molar-refractivity contribution is 0.111. The Labute approximate surface area is 80.8 Å². The van der Waals surface area contributed by atoms with Crippen LogP contribution >= 0.6 is 0 Å². The van der Waals surface area contributed by atoms with Gasteiger partial charge >= 0.3 is 6.09 Å². The molecule has 3 heteroatoms. The van der Waals surface area contributed by atoms with Gasteiger partial charge in [0.1, 0.15) is 0 Å². The highest BCUT2D eigenvalue weighted by Gasteiger charge is 2.10. The van der Waals surface area contributed by atoms with Gasteiger partial charge in [0, 0.05) is 6.04 Å². The number of ether oxygens (including phenoxy) is 1. The van der Waals surface area contributed by atoms with E-state index in [0.717, 1.165) is 19.3 Å². The summed E-state index contributed by atoms with van der Waals surface area (Å²) in [5.41, 5.74) is 0. The van der Waals surface area contributed by atoms with E-state index < -0.39 is 0 Å². The van der Waals surface area contributed by atoms with E-state index >= 15 is 0 Å². The number of carbonyl (C=O) groups is 1. The number of hydrogen-bond donors (Lipinski definition) is 1. The zero-order valence-electron chi connectivity index (χ0n) is 9.09. The third kappa shape index (κ3) is 6.43. The van der Waals surface area contributed by atoms with Crippen LogP contribution in [0.15, 0.2) is 0 Å². The highest BCUT2D eigenvalue weighted by atomic mass is 16.6. The van der Waals surface area contributed by atoms with E-state index in [4.69, 9.17) is 4.74 Å². The Kier molecular flexibility index (Phi) is 6.37. The monoisotopic (exact) mass is 187 g/mol. The highest BCUT2D eigenvalue weighted by molar-refractivity contribution is 5.67. The second-order valence-corrected chi connectivity index (χ2v) is 3.49. The number of alkyl carbamates (subject to hydrolysis) is 1. The molecule has 0 fully saturated rings. The zero-order valence-corrected chi connectivity index (χ0v) is 9.09. The van der Waals surface area contributed by atoms with E-state index in [9.17, 15) is 4.79 Å². The smallest absolute Gasteiger partial charge is 0.407 e. The highest BCUT2D eigenvalue weighted by Crippen LogP contribution is 2.01. The van der Waals surface area contributed by atoms with E-state index in [1.54, 1.807) is 0 Å². The van der Waals surface area contributed by atoms with Crippen molar-refractivity contribution < 1.29 is 9.53 Å². The van der Waals surface area contributed by atoms with Crippen molar-refractivity contribution in [2.24, 2.45) is 0 Å². The molecule has 13 heavy (non-hydrogen) atoms. The molecule has 1 unspecified atom stereocenters. The summed E-state index contributed by atoms with van der Waals surface area (Å²) in [6.07, 6.45) is 2.72. The molecule has 0 heterocycles. The predicted octanol–water partition coefficient (Wildman–Crippen LogP) is 2.70. The average Bonchev–Trinajstić information content (AvgIpc) is 2.02. The lowest BCUT2D eigenvalue weighted by atomic mass is 10.1. The standard InChI is InChI=1S/C10H21NO2/c1-5-7-9(6-2)11-10(12)13-8(3)4/h8-9H,5-7H2,1-4H3,(H,11,12). The second-order valence-electron chi connectivity index (χ2n) is 3.49. The number of carbonyl (C=O) groups excluding carboxylic acids is 1. The molecule has 0 aliphatic carbocycles. The summed E-state index contributed by atoms with van der Waals surface area (Å²) in [6.45, 7) is 7.87. The summed E-state index contributed by atoms with van der Waals surface area (Å²) < 4.78 is 4.98. The molecule has 0 aromatic heterocycles. The van der Waals surface area contributed by atoms with Crippen molar-refractivity contribution in [1.82, 2.24) is 5.32 Å². The number of nitrogens with one attached hydrogen (secondary N) is 1. The molecule has 0 aromatic carbocycles. The summed E-state index contributed by atoms with van der Waals surface area (Å²) in [6, 6.07) is 0.260. The van der Waals surface area contributed by atoms with Crippen LogP contribution in [0.2, 0.25) is 0 Å². The maximum absolute atomic E-state index is 11.2. The van der Waals surface area contributed by atoms with Gasteiger partial charge in [-0.3, -0.25) is 0 Å². The van der Waals surface area contributed by atoms with Gasteiger partial charge in [0.2, 0.25) is 0 Å². The average molecular weight is 187 g/mol. The Morgan fingerprint density at radius 3 is 2.38 bits per heavy atom. The Morgan fingerprint density at radius 1 is 1.38 bits per heavy atom. The van der Waals surface area contributed by atoms with Crippen molar-refractivity contribution in [3.05, 3.63) is 0 Å². The Hall–Kier alpha value is -0.730. The van der Waals surface area contributed by atoms with Crippen LogP contribution in [0, 0.1) is 0 Å². The summed E-state index contributed by atoms with van der Waals surface area (Å²) in [7, 11) is 0. The van der Waals surface area contributed by atoms with Crippen LogP contribution in [0.3, 0.4) is 0 Å². The Bertz CT molecular complexity index is 146. The van der Waals surface area contributed by atoms with Gasteiger partial charge in [0.25, 0.3) is 0 Å². The molecule has 1 amide bonds. The lowest BCUT2D eigenvalue weighted by Crippen LogP contribution is -2.35. The molecule has 1 N–H and O–H groups in total. The maximum Gasteiger partial charge on any atom is 0.407 e. The fraction of sp³-hybridized carbons (Fsp3) is 0.900. The molecule has 0 rings (SSSR count). The summed E-state index contributed by atoms with van der Waals surface area (Å²) in [5.74, 6) is 0. The van der Waals surface area contributed by atoms with Gasteiger partial charge in [-0.2, -0.15) is 0 Å². The number of amides is 1. The fourth-order valence-corrected chi connectivity index (χ4v) is 1.14. The maximum atomic E-state index is 11.2. The van der Waals surface area contributed by atoms with Crippen LogP contribution in [0.4, 0.5) is 4.79 Å². The zero-order chi connectivity index (χ0) is 10.3.